The molecule has 0 spiro atoms. The molecule has 1 fully saturated rings. The molecule has 2 unspecified atom stereocenters. The van der Waals surface area contributed by atoms with Crippen LogP contribution in [-0.2, 0) is 0 Å². The summed E-state index contributed by atoms with van der Waals surface area (Å²) in [5.74, 6) is -0.770. The summed E-state index contributed by atoms with van der Waals surface area (Å²) < 4.78 is 13.3. The SMILES string of the molecule is O=[N+]([O-])c1cc(F)c(Cl)cc1NCC1CCCCC1O. The van der Waals surface area contributed by atoms with Gasteiger partial charge in [-0.1, -0.05) is 24.4 Å². The minimum absolute atomic E-state index is 0.0483. The monoisotopic (exact) mass is 302 g/mol. The van der Waals surface area contributed by atoms with Crippen LogP contribution in [0.25, 0.3) is 0 Å². The van der Waals surface area contributed by atoms with Crippen LogP contribution < -0.4 is 5.32 Å². The molecule has 1 aromatic carbocycles. The third-order valence-electron chi connectivity index (χ3n) is 3.66. The second kappa shape index (κ2) is 6.37. The number of nitro groups is 1. The molecule has 20 heavy (non-hydrogen) atoms. The number of hydrogen-bond acceptors (Lipinski definition) is 4. The van der Waals surface area contributed by atoms with Crippen molar-refractivity contribution in [3.05, 3.63) is 33.1 Å². The highest BCUT2D eigenvalue weighted by Gasteiger charge is 2.24. The summed E-state index contributed by atoms with van der Waals surface area (Å²) >= 11 is 5.65. The number of benzene rings is 1. The molecule has 0 saturated heterocycles. The van der Waals surface area contributed by atoms with Gasteiger partial charge in [-0.05, 0) is 18.9 Å². The van der Waals surface area contributed by atoms with Crippen LogP contribution in [0.2, 0.25) is 5.02 Å². The maximum Gasteiger partial charge on any atom is 0.295 e. The van der Waals surface area contributed by atoms with E-state index in [4.69, 9.17) is 11.6 Å². The van der Waals surface area contributed by atoms with E-state index in [1.165, 1.54) is 6.07 Å². The molecule has 1 saturated carbocycles. The lowest BCUT2D eigenvalue weighted by atomic mass is 9.86. The Bertz CT molecular complexity index is 513. The Balaban J connectivity index is 2.12. The number of nitrogens with one attached hydrogen (secondary N) is 1. The van der Waals surface area contributed by atoms with E-state index in [1.807, 2.05) is 0 Å². The molecule has 5 nitrogen and oxygen atoms in total. The highest BCUT2D eigenvalue weighted by molar-refractivity contribution is 6.31. The first-order valence-corrected chi connectivity index (χ1v) is 6.92. The first kappa shape index (κ1) is 15.0. The molecular weight excluding hydrogens is 287 g/mol. The van der Waals surface area contributed by atoms with Crippen LogP contribution >= 0.6 is 11.6 Å². The Morgan fingerprint density at radius 3 is 2.80 bits per heavy atom. The van der Waals surface area contributed by atoms with Crippen molar-refractivity contribution in [1.82, 2.24) is 0 Å². The van der Waals surface area contributed by atoms with E-state index in [2.05, 4.69) is 5.32 Å². The van der Waals surface area contributed by atoms with E-state index in [1.54, 1.807) is 0 Å². The summed E-state index contributed by atoms with van der Waals surface area (Å²) in [6.45, 7) is 0.407. The molecule has 2 atom stereocenters. The molecule has 1 aliphatic carbocycles. The van der Waals surface area contributed by atoms with Crippen LogP contribution in [0.1, 0.15) is 25.7 Å². The largest absolute Gasteiger partial charge is 0.393 e. The number of nitro benzene ring substituents is 1. The van der Waals surface area contributed by atoms with Gasteiger partial charge in [-0.25, -0.2) is 4.39 Å². The summed E-state index contributed by atoms with van der Waals surface area (Å²) in [4.78, 5) is 10.3. The lowest BCUT2D eigenvalue weighted by Gasteiger charge is -2.27. The van der Waals surface area contributed by atoms with Gasteiger partial charge in [0.25, 0.3) is 5.69 Å². The standard InChI is InChI=1S/C13H16ClFN2O3/c14-9-5-11(12(17(19)20)6-10(9)15)16-7-8-3-1-2-4-13(8)18/h5-6,8,13,16,18H,1-4,7H2. The van der Waals surface area contributed by atoms with Gasteiger partial charge in [-0.2, -0.15) is 0 Å². The molecular formula is C13H16ClFN2O3. The second-order valence-electron chi connectivity index (χ2n) is 5.03. The summed E-state index contributed by atoms with van der Waals surface area (Å²) in [6, 6.07) is 2.02. The number of aliphatic hydroxyl groups is 1. The molecule has 0 heterocycles. The normalized spacial score (nSPS) is 22.6. The van der Waals surface area contributed by atoms with Gasteiger partial charge in [-0.15, -0.1) is 0 Å². The maximum absolute atomic E-state index is 13.3. The lowest BCUT2D eigenvalue weighted by Crippen LogP contribution is -2.30. The Hall–Kier alpha value is -1.40. The van der Waals surface area contributed by atoms with Gasteiger partial charge in [0.15, 0.2) is 0 Å². The van der Waals surface area contributed by atoms with E-state index >= 15 is 0 Å². The summed E-state index contributed by atoms with van der Waals surface area (Å²) in [7, 11) is 0. The van der Waals surface area contributed by atoms with Crippen molar-refractivity contribution >= 4 is 23.0 Å². The second-order valence-corrected chi connectivity index (χ2v) is 5.44. The molecule has 7 heteroatoms. The van der Waals surface area contributed by atoms with Crippen LogP contribution in [0.15, 0.2) is 12.1 Å². The Morgan fingerprint density at radius 2 is 2.15 bits per heavy atom. The zero-order chi connectivity index (χ0) is 14.7. The van der Waals surface area contributed by atoms with Crippen LogP contribution in [0.3, 0.4) is 0 Å². The quantitative estimate of drug-likeness (QED) is 0.660. The van der Waals surface area contributed by atoms with Crippen LogP contribution in [0.4, 0.5) is 15.8 Å². The van der Waals surface area contributed by atoms with Gasteiger partial charge in [0.05, 0.1) is 22.1 Å². The number of rotatable bonds is 4. The van der Waals surface area contributed by atoms with Gasteiger partial charge in [0.1, 0.15) is 11.5 Å². The fraction of sp³-hybridized carbons (Fsp3) is 0.538. The van der Waals surface area contributed by atoms with E-state index < -0.39 is 16.8 Å². The van der Waals surface area contributed by atoms with Gasteiger partial charge in [-0.3, -0.25) is 10.1 Å². The van der Waals surface area contributed by atoms with Crippen molar-refractivity contribution in [3.63, 3.8) is 0 Å². The fourth-order valence-electron chi connectivity index (χ4n) is 2.50. The van der Waals surface area contributed by atoms with Crippen molar-refractivity contribution in [2.75, 3.05) is 11.9 Å². The summed E-state index contributed by atoms with van der Waals surface area (Å²) in [5.41, 5.74) is -0.170. The number of hydrogen-bond donors (Lipinski definition) is 2. The molecule has 0 radical (unpaired) electrons. The smallest absolute Gasteiger partial charge is 0.295 e. The zero-order valence-corrected chi connectivity index (χ0v) is 11.6. The maximum atomic E-state index is 13.3. The van der Waals surface area contributed by atoms with Crippen molar-refractivity contribution < 1.29 is 14.4 Å². The molecule has 2 rings (SSSR count). The molecule has 110 valence electrons. The van der Waals surface area contributed by atoms with Crippen LogP contribution in [-0.4, -0.2) is 22.7 Å². The zero-order valence-electron chi connectivity index (χ0n) is 10.8. The molecule has 0 bridgehead atoms. The predicted octanol–water partition coefficient (Wildman–Crippen LogP) is 3.35. The molecule has 1 aromatic rings. The minimum Gasteiger partial charge on any atom is -0.393 e. The molecule has 2 N–H and O–H groups in total. The van der Waals surface area contributed by atoms with Crippen LogP contribution in [0.5, 0.6) is 0 Å². The Morgan fingerprint density at radius 1 is 1.45 bits per heavy atom. The van der Waals surface area contributed by atoms with Gasteiger partial charge in [0, 0.05) is 12.5 Å². The first-order valence-electron chi connectivity index (χ1n) is 6.54. The molecule has 0 aromatic heterocycles. The third-order valence-corrected chi connectivity index (χ3v) is 3.95. The van der Waals surface area contributed by atoms with Crippen molar-refractivity contribution in [1.29, 1.82) is 0 Å². The minimum atomic E-state index is -0.818. The van der Waals surface area contributed by atoms with Crippen LogP contribution in [0, 0.1) is 21.8 Å². The van der Waals surface area contributed by atoms with Gasteiger partial charge in [0.2, 0.25) is 0 Å². The third kappa shape index (κ3) is 3.37. The highest BCUT2D eigenvalue weighted by atomic mass is 35.5. The average Bonchev–Trinajstić information content (AvgIpc) is 2.41. The topological polar surface area (TPSA) is 75.4 Å². The summed E-state index contributed by atoms with van der Waals surface area (Å²) in [5, 5.41) is 23.5. The number of halogens is 2. The highest BCUT2D eigenvalue weighted by Crippen LogP contribution is 2.31. The average molecular weight is 303 g/mol. The van der Waals surface area contributed by atoms with Crippen molar-refractivity contribution in [3.8, 4) is 0 Å². The van der Waals surface area contributed by atoms with E-state index in [0.29, 0.717) is 6.54 Å². The first-order chi connectivity index (χ1) is 9.49. The lowest BCUT2D eigenvalue weighted by molar-refractivity contribution is -0.384. The van der Waals surface area contributed by atoms with Gasteiger partial charge >= 0.3 is 0 Å². The van der Waals surface area contributed by atoms with E-state index in [0.717, 1.165) is 31.7 Å². The van der Waals surface area contributed by atoms with Gasteiger partial charge < -0.3 is 10.4 Å². The fourth-order valence-corrected chi connectivity index (χ4v) is 2.66. The van der Waals surface area contributed by atoms with E-state index in [9.17, 15) is 19.6 Å². The predicted molar refractivity (Wildman–Crippen MR) is 74.5 cm³/mol. The van der Waals surface area contributed by atoms with E-state index in [-0.39, 0.29) is 22.3 Å². The molecule has 0 aliphatic heterocycles. The number of nitrogens with zero attached hydrogens (tertiary/aromatic N) is 1. The van der Waals surface area contributed by atoms with Crippen molar-refractivity contribution in [2.24, 2.45) is 5.92 Å². The van der Waals surface area contributed by atoms with Crippen molar-refractivity contribution in [2.45, 2.75) is 31.8 Å². The Kier molecular flexibility index (Phi) is 4.77. The number of aliphatic hydroxyl groups excluding tert-OH is 1. The molecule has 0 amide bonds. The number of anilines is 1. The Labute approximate surface area is 120 Å². The summed E-state index contributed by atoms with van der Waals surface area (Å²) in [6.07, 6.45) is 3.26. The molecule has 1 aliphatic rings.